The van der Waals surface area contributed by atoms with Crippen LogP contribution in [-0.2, 0) is 6.42 Å². The van der Waals surface area contributed by atoms with Crippen molar-refractivity contribution >= 4 is 5.57 Å². The smallest absolute Gasteiger partial charge is 0.0154 e. The third-order valence-electron chi connectivity index (χ3n) is 2.84. The van der Waals surface area contributed by atoms with Crippen LogP contribution in [0, 0.1) is 0 Å². The summed E-state index contributed by atoms with van der Waals surface area (Å²) in [7, 11) is 0. The summed E-state index contributed by atoms with van der Waals surface area (Å²) in [5.74, 6) is 0. The van der Waals surface area contributed by atoms with Crippen LogP contribution in [0.4, 0.5) is 0 Å². The van der Waals surface area contributed by atoms with Gasteiger partial charge in [0, 0.05) is 0 Å². The molecule has 72 valence electrons. The monoisotopic (exact) mass is 184 g/mol. The summed E-state index contributed by atoms with van der Waals surface area (Å²) in [6, 6.07) is 8.91. The second-order valence-corrected chi connectivity index (χ2v) is 3.79. The van der Waals surface area contributed by atoms with E-state index >= 15 is 0 Å². The average Bonchev–Trinajstić information content (AvgIpc) is 2.65. The van der Waals surface area contributed by atoms with E-state index in [1.165, 1.54) is 22.3 Å². The summed E-state index contributed by atoms with van der Waals surface area (Å²) in [6.45, 7) is 4.38. The van der Waals surface area contributed by atoms with Crippen LogP contribution in [0.2, 0.25) is 0 Å². The lowest BCUT2D eigenvalue weighted by atomic mass is 10.0. The van der Waals surface area contributed by atoms with Gasteiger partial charge in [0.2, 0.25) is 0 Å². The molecule has 0 radical (unpaired) electrons. The Morgan fingerprint density at radius 3 is 2.29 bits per heavy atom. The largest absolute Gasteiger partial charge is 0.0772 e. The number of hydrogen-bond donors (Lipinski definition) is 0. The molecule has 0 unspecified atom stereocenters. The predicted molar refractivity (Wildman–Crippen MR) is 62.2 cm³/mol. The minimum Gasteiger partial charge on any atom is -0.0772 e. The van der Waals surface area contributed by atoms with Crippen molar-refractivity contribution in [2.24, 2.45) is 0 Å². The summed E-state index contributed by atoms with van der Waals surface area (Å²) >= 11 is 0. The van der Waals surface area contributed by atoms with Crippen LogP contribution in [0.15, 0.2) is 42.0 Å². The first-order valence-electron chi connectivity index (χ1n) is 5.28. The maximum absolute atomic E-state index is 2.30. The summed E-state index contributed by atoms with van der Waals surface area (Å²) in [4.78, 5) is 0. The van der Waals surface area contributed by atoms with Crippen molar-refractivity contribution in [3.05, 3.63) is 53.1 Å². The molecule has 1 aromatic carbocycles. The van der Waals surface area contributed by atoms with Crippen LogP contribution >= 0.6 is 0 Å². The van der Waals surface area contributed by atoms with Gasteiger partial charge in [0.25, 0.3) is 0 Å². The predicted octanol–water partition coefficient (Wildman–Crippen LogP) is 3.98. The molecule has 2 rings (SSSR count). The van der Waals surface area contributed by atoms with E-state index in [1.807, 2.05) is 0 Å². The van der Waals surface area contributed by atoms with Crippen molar-refractivity contribution < 1.29 is 0 Å². The van der Waals surface area contributed by atoms with Crippen molar-refractivity contribution in [1.29, 1.82) is 0 Å². The van der Waals surface area contributed by atoms with Crippen molar-refractivity contribution in [2.45, 2.75) is 26.7 Å². The Bertz CT molecular complexity index is 377. The first kappa shape index (κ1) is 9.26. The minimum absolute atomic E-state index is 1.09. The van der Waals surface area contributed by atoms with E-state index in [1.54, 1.807) is 0 Å². The molecule has 0 amide bonds. The third kappa shape index (κ3) is 1.65. The third-order valence-corrected chi connectivity index (χ3v) is 2.84. The quantitative estimate of drug-likeness (QED) is 0.652. The molecule has 0 fully saturated rings. The van der Waals surface area contributed by atoms with Crippen molar-refractivity contribution in [3.8, 4) is 0 Å². The van der Waals surface area contributed by atoms with Gasteiger partial charge in [-0.25, -0.2) is 0 Å². The normalized spacial score (nSPS) is 15.3. The van der Waals surface area contributed by atoms with Gasteiger partial charge in [-0.15, -0.1) is 0 Å². The van der Waals surface area contributed by atoms with Gasteiger partial charge in [-0.3, -0.25) is 0 Å². The second-order valence-electron chi connectivity index (χ2n) is 3.79. The fourth-order valence-electron chi connectivity index (χ4n) is 1.89. The molecular formula is C14H16. The molecule has 0 saturated heterocycles. The Kier molecular flexibility index (Phi) is 2.53. The van der Waals surface area contributed by atoms with Crippen molar-refractivity contribution in [2.75, 3.05) is 0 Å². The molecule has 1 aliphatic carbocycles. The van der Waals surface area contributed by atoms with Gasteiger partial charge < -0.3 is 0 Å². The lowest BCUT2D eigenvalue weighted by Crippen LogP contribution is -1.85. The van der Waals surface area contributed by atoms with Gasteiger partial charge >= 0.3 is 0 Å². The van der Waals surface area contributed by atoms with E-state index in [9.17, 15) is 0 Å². The van der Waals surface area contributed by atoms with Gasteiger partial charge in [-0.05, 0) is 42.0 Å². The zero-order chi connectivity index (χ0) is 9.97. The van der Waals surface area contributed by atoms with E-state index in [-0.39, 0.29) is 0 Å². The van der Waals surface area contributed by atoms with Crippen molar-refractivity contribution in [3.63, 3.8) is 0 Å². The Labute approximate surface area is 86.0 Å². The van der Waals surface area contributed by atoms with Crippen LogP contribution < -0.4 is 0 Å². The number of allylic oxidation sites excluding steroid dienone is 4. The van der Waals surface area contributed by atoms with Gasteiger partial charge in [0.05, 0.1) is 0 Å². The molecule has 0 atom stereocenters. The van der Waals surface area contributed by atoms with Gasteiger partial charge in [-0.2, -0.15) is 0 Å². The Hall–Kier alpha value is -1.30. The highest BCUT2D eigenvalue weighted by Crippen LogP contribution is 2.28. The number of hydrogen-bond acceptors (Lipinski definition) is 0. The molecule has 14 heavy (non-hydrogen) atoms. The maximum atomic E-state index is 2.30. The molecule has 1 aliphatic rings. The Balaban J connectivity index is 2.30. The topological polar surface area (TPSA) is 0 Å². The molecule has 0 spiro atoms. The fourth-order valence-corrected chi connectivity index (χ4v) is 1.89. The first-order valence-corrected chi connectivity index (χ1v) is 5.28. The molecule has 0 aliphatic heterocycles. The molecule has 1 aromatic rings. The van der Waals surface area contributed by atoms with Crippen LogP contribution in [0.1, 0.15) is 31.4 Å². The number of aryl methyl sites for hydroxylation is 1. The van der Waals surface area contributed by atoms with Gasteiger partial charge in [-0.1, -0.05) is 43.3 Å². The average molecular weight is 184 g/mol. The van der Waals surface area contributed by atoms with Crippen LogP contribution in [0.3, 0.4) is 0 Å². The summed E-state index contributed by atoms with van der Waals surface area (Å²) in [6.07, 6.45) is 6.80. The van der Waals surface area contributed by atoms with Crippen LogP contribution in [0.25, 0.3) is 5.57 Å². The summed E-state index contributed by atoms with van der Waals surface area (Å²) in [5, 5.41) is 0. The lowest BCUT2D eigenvalue weighted by molar-refractivity contribution is 1.14. The molecular weight excluding hydrogens is 168 g/mol. The summed E-state index contributed by atoms with van der Waals surface area (Å²) in [5.41, 5.74) is 5.59. The first-order chi connectivity index (χ1) is 6.81. The van der Waals surface area contributed by atoms with Crippen LogP contribution in [0.5, 0.6) is 0 Å². The zero-order valence-corrected chi connectivity index (χ0v) is 8.88. The minimum atomic E-state index is 1.09. The molecule has 0 heterocycles. The maximum Gasteiger partial charge on any atom is -0.0154 e. The van der Waals surface area contributed by atoms with E-state index in [0.717, 1.165) is 12.8 Å². The highest BCUT2D eigenvalue weighted by molar-refractivity contribution is 5.80. The standard InChI is InChI=1S/C14H16/c1-3-12-7-9-13(10-8-12)14-6-4-5-11(14)2/h5-10H,3-4H2,1-2H3. The highest BCUT2D eigenvalue weighted by atomic mass is 14.1. The molecule has 0 saturated carbocycles. The van der Waals surface area contributed by atoms with Gasteiger partial charge in [0.1, 0.15) is 0 Å². The number of rotatable bonds is 2. The highest BCUT2D eigenvalue weighted by Gasteiger charge is 2.07. The van der Waals surface area contributed by atoms with Gasteiger partial charge in [0.15, 0.2) is 0 Å². The molecule has 0 N–H and O–H groups in total. The molecule has 0 aromatic heterocycles. The van der Waals surface area contributed by atoms with E-state index in [4.69, 9.17) is 0 Å². The lowest BCUT2D eigenvalue weighted by Gasteiger charge is -2.05. The fraction of sp³-hybridized carbons (Fsp3) is 0.286. The Morgan fingerprint density at radius 1 is 1.07 bits per heavy atom. The zero-order valence-electron chi connectivity index (χ0n) is 8.88. The summed E-state index contributed by atoms with van der Waals surface area (Å²) < 4.78 is 0. The number of benzene rings is 1. The van der Waals surface area contributed by atoms with Crippen LogP contribution in [-0.4, -0.2) is 0 Å². The second kappa shape index (κ2) is 3.83. The molecule has 0 heteroatoms. The van der Waals surface area contributed by atoms with E-state index < -0.39 is 0 Å². The Morgan fingerprint density at radius 2 is 1.79 bits per heavy atom. The van der Waals surface area contributed by atoms with Crippen molar-refractivity contribution in [1.82, 2.24) is 0 Å². The SMILES string of the molecule is CCc1ccc(C2=CCC=C2C)cc1. The molecule has 0 bridgehead atoms. The van der Waals surface area contributed by atoms with E-state index in [0.29, 0.717) is 0 Å². The van der Waals surface area contributed by atoms with E-state index in [2.05, 4.69) is 50.3 Å². The molecule has 0 nitrogen and oxygen atoms in total.